The fourth-order valence-corrected chi connectivity index (χ4v) is 4.66. The van der Waals surface area contributed by atoms with E-state index in [-0.39, 0.29) is 17.8 Å². The number of carbonyl (C=O) groups excluding carboxylic acids is 1. The van der Waals surface area contributed by atoms with Crippen molar-refractivity contribution in [2.45, 2.75) is 32.6 Å². The Morgan fingerprint density at radius 2 is 1.66 bits per heavy atom. The Hall–Kier alpha value is -3.86. The normalized spacial score (nSPS) is 16.4. The molecular formula is C27H23NO4. The molecule has 5 nitrogen and oxygen atoms in total. The van der Waals surface area contributed by atoms with E-state index in [1.807, 2.05) is 53.4 Å². The zero-order valence-corrected chi connectivity index (χ0v) is 17.8. The Balaban J connectivity index is 1.61. The molecule has 0 spiro atoms. The van der Waals surface area contributed by atoms with E-state index in [1.54, 1.807) is 6.92 Å². The lowest BCUT2D eigenvalue weighted by atomic mass is 9.86. The van der Waals surface area contributed by atoms with Crippen molar-refractivity contribution in [1.29, 1.82) is 0 Å². The van der Waals surface area contributed by atoms with Crippen LogP contribution in [0.25, 0.3) is 22.5 Å². The van der Waals surface area contributed by atoms with Gasteiger partial charge in [-0.1, -0.05) is 54.6 Å². The summed E-state index contributed by atoms with van der Waals surface area (Å²) in [6.45, 7) is 1.78. The number of anilines is 1. The first-order chi connectivity index (χ1) is 15.5. The van der Waals surface area contributed by atoms with E-state index in [2.05, 4.69) is 18.2 Å². The van der Waals surface area contributed by atoms with Crippen LogP contribution < -0.4 is 4.90 Å². The molecule has 0 amide bonds. The van der Waals surface area contributed by atoms with Crippen LogP contribution in [0, 0.1) is 0 Å². The lowest BCUT2D eigenvalue weighted by Gasteiger charge is -2.35. The minimum Gasteiger partial charge on any atom is -0.478 e. The average molecular weight is 425 g/mol. The second-order valence-corrected chi connectivity index (χ2v) is 8.13. The molecule has 3 aromatic rings. The van der Waals surface area contributed by atoms with Gasteiger partial charge in [-0.15, -0.1) is 0 Å². The monoisotopic (exact) mass is 425 g/mol. The highest BCUT2D eigenvalue weighted by Crippen LogP contribution is 2.42. The van der Waals surface area contributed by atoms with Crippen LogP contribution in [-0.2, 0) is 9.59 Å². The Morgan fingerprint density at radius 1 is 0.938 bits per heavy atom. The Labute approximate surface area is 186 Å². The third-order valence-corrected chi connectivity index (χ3v) is 6.25. The van der Waals surface area contributed by atoms with Crippen LogP contribution in [-0.4, -0.2) is 16.9 Å². The van der Waals surface area contributed by atoms with Crippen molar-refractivity contribution in [3.05, 3.63) is 89.3 Å². The minimum absolute atomic E-state index is 0.0312. The first kappa shape index (κ1) is 20.1. The Bertz CT molecular complexity index is 1280. The van der Waals surface area contributed by atoms with Crippen molar-refractivity contribution in [3.8, 4) is 22.5 Å². The summed E-state index contributed by atoms with van der Waals surface area (Å²) in [5, 5.41) is 9.75. The summed E-state index contributed by atoms with van der Waals surface area (Å²) in [5.41, 5.74) is 5.40. The maximum atomic E-state index is 12.6. The van der Waals surface area contributed by atoms with Gasteiger partial charge in [0.25, 0.3) is 0 Å². The van der Waals surface area contributed by atoms with E-state index in [4.69, 9.17) is 4.42 Å². The van der Waals surface area contributed by atoms with Gasteiger partial charge in [0.05, 0.1) is 5.57 Å². The van der Waals surface area contributed by atoms with Crippen LogP contribution in [0.15, 0.2) is 93.7 Å². The largest absolute Gasteiger partial charge is 0.478 e. The van der Waals surface area contributed by atoms with E-state index >= 15 is 0 Å². The van der Waals surface area contributed by atoms with E-state index < -0.39 is 5.97 Å². The van der Waals surface area contributed by atoms with Crippen LogP contribution in [0.3, 0.4) is 0 Å². The van der Waals surface area contributed by atoms with Crippen LogP contribution in [0.5, 0.6) is 0 Å². The number of nitrogens with zero attached hydrogens (tertiary/aromatic N) is 1. The van der Waals surface area contributed by atoms with Gasteiger partial charge in [-0.25, -0.2) is 4.79 Å². The molecule has 0 atom stereocenters. The molecular weight excluding hydrogens is 402 g/mol. The van der Waals surface area contributed by atoms with Crippen LogP contribution in [0.1, 0.15) is 32.6 Å². The highest BCUT2D eigenvalue weighted by atomic mass is 16.4. The summed E-state index contributed by atoms with van der Waals surface area (Å²) in [6.07, 6.45) is 2.12. The van der Waals surface area contributed by atoms with Gasteiger partial charge in [0.2, 0.25) is 5.88 Å². The first-order valence-electron chi connectivity index (χ1n) is 10.8. The fraction of sp³-hybridized carbons (Fsp3) is 0.185. The van der Waals surface area contributed by atoms with Crippen molar-refractivity contribution in [2.75, 3.05) is 4.90 Å². The molecule has 0 bridgehead atoms. The zero-order chi connectivity index (χ0) is 22.2. The number of allylic oxidation sites excluding steroid dienone is 3. The Kier molecular flexibility index (Phi) is 5.02. The predicted molar refractivity (Wildman–Crippen MR) is 123 cm³/mol. The molecule has 0 unspecified atom stereocenters. The van der Waals surface area contributed by atoms with E-state index in [1.165, 1.54) is 0 Å². The van der Waals surface area contributed by atoms with Gasteiger partial charge in [-0.05, 0) is 37.0 Å². The second-order valence-electron chi connectivity index (χ2n) is 8.13. The molecule has 2 aromatic carbocycles. The zero-order valence-electron chi connectivity index (χ0n) is 17.8. The smallest absolute Gasteiger partial charge is 0.333 e. The summed E-state index contributed by atoms with van der Waals surface area (Å²) < 4.78 is 6.31. The summed E-state index contributed by atoms with van der Waals surface area (Å²) in [7, 11) is 0. The molecule has 1 aliphatic carbocycles. The van der Waals surface area contributed by atoms with Gasteiger partial charge in [0.15, 0.2) is 5.78 Å². The number of carboxylic acid groups (broad SMARTS) is 1. The third kappa shape index (κ3) is 3.36. The molecule has 1 aliphatic heterocycles. The number of carbonyl (C=O) groups is 2. The Morgan fingerprint density at radius 3 is 2.41 bits per heavy atom. The number of Topliss-reactive ketones (excluding diaryl/α,β-unsaturated/α-hetero) is 1. The number of hydrogen-bond donors (Lipinski definition) is 1. The van der Waals surface area contributed by atoms with Gasteiger partial charge < -0.3 is 9.52 Å². The topological polar surface area (TPSA) is 70.8 Å². The highest BCUT2D eigenvalue weighted by Gasteiger charge is 2.35. The molecule has 0 fully saturated rings. The SMILES string of the molecule is CC1=C(C(=O)O)CC2=C(CCCC2=O)N1c1ccc(-c2ccccc2-c2ccccc2)o1. The molecule has 0 saturated carbocycles. The molecule has 5 heteroatoms. The summed E-state index contributed by atoms with van der Waals surface area (Å²) in [6, 6.07) is 21.9. The second kappa shape index (κ2) is 8.00. The summed E-state index contributed by atoms with van der Waals surface area (Å²) >= 11 is 0. The molecule has 2 heterocycles. The predicted octanol–water partition coefficient (Wildman–Crippen LogP) is 6.19. The average Bonchev–Trinajstić information content (AvgIpc) is 3.29. The van der Waals surface area contributed by atoms with Crippen molar-refractivity contribution in [3.63, 3.8) is 0 Å². The van der Waals surface area contributed by atoms with Crippen LogP contribution in [0.2, 0.25) is 0 Å². The quantitative estimate of drug-likeness (QED) is 0.540. The minimum atomic E-state index is -1.00. The molecule has 5 rings (SSSR count). The summed E-state index contributed by atoms with van der Waals surface area (Å²) in [4.78, 5) is 26.3. The number of furan rings is 1. The van der Waals surface area contributed by atoms with Crippen LogP contribution in [0.4, 0.5) is 5.88 Å². The van der Waals surface area contributed by atoms with Gasteiger partial charge in [0, 0.05) is 41.4 Å². The molecule has 2 aliphatic rings. The van der Waals surface area contributed by atoms with Gasteiger partial charge >= 0.3 is 5.97 Å². The number of aliphatic carboxylic acids is 1. The number of carboxylic acids is 1. The lowest BCUT2D eigenvalue weighted by molar-refractivity contribution is -0.132. The van der Waals surface area contributed by atoms with Gasteiger partial charge in [-0.2, -0.15) is 0 Å². The van der Waals surface area contributed by atoms with Crippen molar-refractivity contribution >= 4 is 17.6 Å². The van der Waals surface area contributed by atoms with E-state index in [0.717, 1.165) is 35.2 Å². The van der Waals surface area contributed by atoms with Gasteiger partial charge in [-0.3, -0.25) is 9.69 Å². The molecule has 0 saturated heterocycles. The van der Waals surface area contributed by atoms with Gasteiger partial charge in [0.1, 0.15) is 5.76 Å². The van der Waals surface area contributed by atoms with E-state index in [0.29, 0.717) is 29.3 Å². The third-order valence-electron chi connectivity index (χ3n) is 6.25. The molecule has 0 radical (unpaired) electrons. The number of benzene rings is 2. The number of hydrogen-bond acceptors (Lipinski definition) is 4. The molecule has 1 aromatic heterocycles. The highest BCUT2D eigenvalue weighted by molar-refractivity contribution is 6.02. The maximum absolute atomic E-state index is 12.6. The van der Waals surface area contributed by atoms with Crippen LogP contribution >= 0.6 is 0 Å². The van der Waals surface area contributed by atoms with Crippen molar-refractivity contribution < 1.29 is 19.1 Å². The van der Waals surface area contributed by atoms with Crippen molar-refractivity contribution in [1.82, 2.24) is 0 Å². The lowest BCUT2D eigenvalue weighted by Crippen LogP contribution is -2.32. The number of ketones is 1. The standard InChI is InChI=1S/C27H23NO4/c1-17-21(27(30)31)16-22-23(12-7-13-24(22)29)28(17)26-15-14-25(32-26)20-11-6-5-10-19(20)18-8-3-2-4-9-18/h2-6,8-11,14-15H,7,12-13,16H2,1H3,(H,30,31). The van der Waals surface area contributed by atoms with E-state index in [9.17, 15) is 14.7 Å². The maximum Gasteiger partial charge on any atom is 0.333 e. The number of rotatable bonds is 4. The molecule has 32 heavy (non-hydrogen) atoms. The van der Waals surface area contributed by atoms with Crippen molar-refractivity contribution in [2.24, 2.45) is 0 Å². The fourth-order valence-electron chi connectivity index (χ4n) is 4.66. The first-order valence-corrected chi connectivity index (χ1v) is 10.8. The summed E-state index contributed by atoms with van der Waals surface area (Å²) in [5.74, 6) is 0.252. The molecule has 1 N–H and O–H groups in total. The molecule has 160 valence electrons.